The van der Waals surface area contributed by atoms with Crippen molar-refractivity contribution >= 4 is 71.5 Å². The van der Waals surface area contributed by atoms with E-state index in [1.165, 1.54) is 47.7 Å². The summed E-state index contributed by atoms with van der Waals surface area (Å²) in [6.45, 7) is 0. The molecule has 9 aromatic rings. The van der Waals surface area contributed by atoms with Crippen molar-refractivity contribution < 1.29 is 21.1 Å². The average Bonchev–Trinajstić information content (AvgIpc) is 3.30. The molecule has 0 bridgehead atoms. The second-order valence-electron chi connectivity index (χ2n) is 13.0. The normalized spacial score (nSPS) is 10.4. The molecule has 0 spiro atoms. The minimum atomic E-state index is -0.446. The van der Waals surface area contributed by atoms with Crippen molar-refractivity contribution in [2.75, 3.05) is 0 Å². The maximum absolute atomic E-state index is 2.23. The van der Waals surface area contributed by atoms with Crippen LogP contribution in [0.15, 0.2) is 273 Å². The summed E-state index contributed by atoms with van der Waals surface area (Å²) in [6, 6.07) is 97.0. The molecule has 0 aromatic heterocycles. The summed E-state index contributed by atoms with van der Waals surface area (Å²) >= 11 is 0. The Morgan fingerprint density at radius 3 is 0.310 bits per heavy atom. The molecule has 9 rings (SSSR count). The quantitative estimate of drug-likeness (QED) is 0.127. The van der Waals surface area contributed by atoms with Gasteiger partial charge in [0.1, 0.15) is 0 Å². The van der Waals surface area contributed by atoms with Gasteiger partial charge in [0.25, 0.3) is 0 Å². The second-order valence-corrected chi connectivity index (χ2v) is 19.7. The van der Waals surface area contributed by atoms with Crippen LogP contribution >= 0.6 is 23.8 Å². The molecule has 58 heavy (non-hydrogen) atoms. The molecule has 0 saturated heterocycles. The molecular weight excluding hydrogens is 937 g/mol. The molecule has 0 radical (unpaired) electrons. The largest absolute Gasteiger partial charge is 0.0622 e. The Kier molecular flexibility index (Phi) is 17.2. The van der Waals surface area contributed by atoms with E-state index in [9.17, 15) is 0 Å². The molecule has 0 fully saturated rings. The van der Waals surface area contributed by atoms with Gasteiger partial charge in [-0.15, -0.1) is 0 Å². The van der Waals surface area contributed by atoms with Crippen molar-refractivity contribution in [3.05, 3.63) is 273 Å². The summed E-state index contributed by atoms with van der Waals surface area (Å²) in [5, 5.41) is 12.6. The van der Waals surface area contributed by atoms with Gasteiger partial charge >= 0.3 is 0 Å². The van der Waals surface area contributed by atoms with Gasteiger partial charge in [0.05, 0.1) is 0 Å². The molecule has 0 heterocycles. The molecule has 0 saturated carbocycles. The van der Waals surface area contributed by atoms with E-state index >= 15 is 0 Å². The second kappa shape index (κ2) is 23.4. The van der Waals surface area contributed by atoms with E-state index < -0.39 is 23.8 Å². The third-order valence-electron chi connectivity index (χ3n) is 9.13. The van der Waals surface area contributed by atoms with Crippen molar-refractivity contribution in [3.63, 3.8) is 0 Å². The monoisotopic (exact) mass is 981 g/mol. The summed E-state index contributed by atoms with van der Waals surface area (Å²) in [4.78, 5) is 0. The molecule has 0 nitrogen and oxygen atoms in total. The predicted molar refractivity (Wildman–Crippen MR) is 255 cm³/mol. The number of rotatable bonds is 9. The third-order valence-corrected chi connectivity index (χ3v) is 16.5. The topological polar surface area (TPSA) is 0 Å². The first-order chi connectivity index (χ1) is 28.3. The summed E-state index contributed by atoms with van der Waals surface area (Å²) < 4.78 is 0. The summed E-state index contributed by atoms with van der Waals surface area (Å²) in [5.74, 6) is 0. The van der Waals surface area contributed by atoms with Gasteiger partial charge in [0, 0.05) is 21.1 Å². The fourth-order valence-electron chi connectivity index (χ4n) is 6.54. The van der Waals surface area contributed by atoms with Gasteiger partial charge < -0.3 is 0 Å². The van der Waals surface area contributed by atoms with Gasteiger partial charge in [-0.05, 0) is 71.5 Å². The molecule has 0 aliphatic carbocycles. The van der Waals surface area contributed by atoms with Gasteiger partial charge in [0.2, 0.25) is 0 Å². The Morgan fingerprint density at radius 2 is 0.224 bits per heavy atom. The zero-order valence-corrected chi connectivity index (χ0v) is 37.1. The maximum atomic E-state index is 2.23. The molecule has 0 atom stereocenters. The van der Waals surface area contributed by atoms with Gasteiger partial charge in [-0.2, -0.15) is 0 Å². The molecule has 0 N–H and O–H groups in total. The van der Waals surface area contributed by atoms with Crippen LogP contribution in [0.3, 0.4) is 0 Å². The van der Waals surface area contributed by atoms with Crippen LogP contribution in [0.5, 0.6) is 0 Å². The number of hydrogen-bond acceptors (Lipinski definition) is 0. The van der Waals surface area contributed by atoms with E-state index in [2.05, 4.69) is 273 Å². The zero-order chi connectivity index (χ0) is 38.7. The first kappa shape index (κ1) is 42.6. The smallest absolute Gasteiger partial charge is 0 e. The van der Waals surface area contributed by atoms with Crippen molar-refractivity contribution in [3.8, 4) is 0 Å². The molecule has 0 aliphatic heterocycles. The van der Waals surface area contributed by atoms with Gasteiger partial charge in [-0.1, -0.05) is 273 Å². The van der Waals surface area contributed by atoms with Crippen LogP contribution in [-0.4, -0.2) is 0 Å². The molecule has 4 heteroatoms. The molecular formula is C54H45P3Pt. The molecule has 0 amide bonds. The summed E-state index contributed by atoms with van der Waals surface area (Å²) in [5.41, 5.74) is 0. The van der Waals surface area contributed by atoms with Gasteiger partial charge in [0.15, 0.2) is 0 Å². The first-order valence-corrected chi connectivity index (χ1v) is 23.2. The molecule has 286 valence electrons. The minimum absolute atomic E-state index is 0. The maximum Gasteiger partial charge on any atom is 0 e. The van der Waals surface area contributed by atoms with Crippen molar-refractivity contribution in [2.24, 2.45) is 0 Å². The van der Waals surface area contributed by atoms with Crippen LogP contribution in [0.4, 0.5) is 0 Å². The Hall–Kier alpha value is -5.04. The molecule has 0 aliphatic rings. The number of hydrogen-bond donors (Lipinski definition) is 0. The van der Waals surface area contributed by atoms with Crippen molar-refractivity contribution in [1.82, 2.24) is 0 Å². The average molecular weight is 982 g/mol. The standard InChI is InChI=1S/3C18H15P.Pt/c3*1-4-10-16(11-5-1)19(17-12-6-2-7-13-17)18-14-8-3-9-15-18;/h3*1-15H;. The third kappa shape index (κ3) is 12.0. The van der Waals surface area contributed by atoms with E-state index in [1.54, 1.807) is 0 Å². The SMILES string of the molecule is [Pt].c1ccc(P(c2ccccc2)c2ccccc2)cc1.c1ccc(P(c2ccccc2)c2ccccc2)cc1.c1ccc(P(c2ccccc2)c2ccccc2)cc1. The van der Waals surface area contributed by atoms with Crippen molar-refractivity contribution in [1.29, 1.82) is 0 Å². The van der Waals surface area contributed by atoms with Gasteiger partial charge in [-0.25, -0.2) is 0 Å². The number of benzene rings is 9. The van der Waals surface area contributed by atoms with E-state index in [0.717, 1.165) is 0 Å². The van der Waals surface area contributed by atoms with Crippen LogP contribution in [0.25, 0.3) is 0 Å². The zero-order valence-electron chi connectivity index (χ0n) is 32.1. The van der Waals surface area contributed by atoms with E-state index in [4.69, 9.17) is 0 Å². The predicted octanol–water partition coefficient (Wildman–Crippen LogP) is 10.3. The van der Waals surface area contributed by atoms with Gasteiger partial charge in [-0.3, -0.25) is 0 Å². The fourth-order valence-corrected chi connectivity index (χ4v) is 13.5. The Balaban J connectivity index is 0.000000145. The van der Waals surface area contributed by atoms with Crippen LogP contribution in [0.1, 0.15) is 0 Å². The first-order valence-electron chi connectivity index (χ1n) is 19.2. The van der Waals surface area contributed by atoms with Crippen LogP contribution in [-0.2, 0) is 21.1 Å². The van der Waals surface area contributed by atoms with E-state index in [0.29, 0.717) is 0 Å². The Bertz CT molecular complexity index is 1860. The molecule has 9 aromatic carbocycles. The summed E-state index contributed by atoms with van der Waals surface area (Å²) in [7, 11) is -1.34. The minimum Gasteiger partial charge on any atom is -0.0622 e. The summed E-state index contributed by atoms with van der Waals surface area (Å²) in [6.07, 6.45) is 0. The Labute approximate surface area is 363 Å². The van der Waals surface area contributed by atoms with Crippen LogP contribution in [0, 0.1) is 0 Å². The van der Waals surface area contributed by atoms with Crippen LogP contribution in [0.2, 0.25) is 0 Å². The van der Waals surface area contributed by atoms with Crippen LogP contribution < -0.4 is 47.7 Å². The van der Waals surface area contributed by atoms with Crippen molar-refractivity contribution in [2.45, 2.75) is 0 Å². The fraction of sp³-hybridized carbons (Fsp3) is 0. The Morgan fingerprint density at radius 1 is 0.138 bits per heavy atom. The van der Waals surface area contributed by atoms with E-state index in [1.807, 2.05) is 0 Å². The molecule has 0 unspecified atom stereocenters. The van der Waals surface area contributed by atoms with E-state index in [-0.39, 0.29) is 21.1 Å².